The lowest BCUT2D eigenvalue weighted by Crippen LogP contribution is -2.52. The van der Waals surface area contributed by atoms with Crippen LogP contribution >= 0.6 is 0 Å². The van der Waals surface area contributed by atoms with Crippen LogP contribution in [0.15, 0.2) is 12.2 Å². The van der Waals surface area contributed by atoms with E-state index in [4.69, 9.17) is 0 Å². The maximum Gasteiger partial charge on any atom is 0.0139 e. The Morgan fingerprint density at radius 2 is 1.87 bits per heavy atom. The van der Waals surface area contributed by atoms with E-state index in [2.05, 4.69) is 43.3 Å². The van der Waals surface area contributed by atoms with E-state index in [0.29, 0.717) is 6.04 Å². The van der Waals surface area contributed by atoms with E-state index in [1.807, 2.05) is 0 Å². The van der Waals surface area contributed by atoms with Gasteiger partial charge in [0.2, 0.25) is 0 Å². The number of nitrogens with one attached hydrogen (secondary N) is 1. The first-order valence-electron chi connectivity index (χ1n) is 6.28. The molecule has 0 saturated carbocycles. The van der Waals surface area contributed by atoms with Crippen molar-refractivity contribution in [3.8, 4) is 0 Å². The van der Waals surface area contributed by atoms with E-state index in [-0.39, 0.29) is 0 Å². The van der Waals surface area contributed by atoms with E-state index in [1.165, 1.54) is 25.8 Å². The Morgan fingerprint density at radius 3 is 2.53 bits per heavy atom. The highest BCUT2D eigenvalue weighted by molar-refractivity contribution is 5.00. The van der Waals surface area contributed by atoms with Gasteiger partial charge in [0.1, 0.15) is 0 Å². The molecule has 3 unspecified atom stereocenters. The molecule has 86 valence electrons. The van der Waals surface area contributed by atoms with Crippen LogP contribution in [0, 0.1) is 5.92 Å². The number of likely N-dealkylation sites (tertiary alicyclic amines) is 1. The lowest BCUT2D eigenvalue weighted by molar-refractivity contribution is 0.116. The topological polar surface area (TPSA) is 15.3 Å². The van der Waals surface area contributed by atoms with Crippen molar-refractivity contribution >= 4 is 0 Å². The Morgan fingerprint density at radius 1 is 1.20 bits per heavy atom. The van der Waals surface area contributed by atoms with Gasteiger partial charge in [0.05, 0.1) is 0 Å². The second kappa shape index (κ2) is 4.67. The van der Waals surface area contributed by atoms with E-state index in [0.717, 1.165) is 18.0 Å². The van der Waals surface area contributed by atoms with Crippen molar-refractivity contribution in [3.63, 3.8) is 0 Å². The highest BCUT2D eigenvalue weighted by Gasteiger charge is 2.30. The minimum Gasteiger partial charge on any atom is -0.310 e. The van der Waals surface area contributed by atoms with Crippen LogP contribution in [-0.2, 0) is 0 Å². The van der Waals surface area contributed by atoms with Gasteiger partial charge in [-0.15, -0.1) is 0 Å². The van der Waals surface area contributed by atoms with Crippen LogP contribution in [0.2, 0.25) is 0 Å². The van der Waals surface area contributed by atoms with E-state index in [1.54, 1.807) is 0 Å². The molecule has 1 aliphatic heterocycles. The Balaban J connectivity index is 1.85. The monoisotopic (exact) mass is 208 g/mol. The second-order valence-corrected chi connectivity index (χ2v) is 5.41. The zero-order valence-corrected chi connectivity index (χ0v) is 10.2. The summed E-state index contributed by atoms with van der Waals surface area (Å²) in [6, 6.07) is 2.17. The van der Waals surface area contributed by atoms with Gasteiger partial charge in [0.15, 0.2) is 0 Å². The third kappa shape index (κ3) is 2.61. The summed E-state index contributed by atoms with van der Waals surface area (Å²) in [6.45, 7) is 5.95. The first-order valence-corrected chi connectivity index (χ1v) is 6.28. The molecule has 0 aromatic rings. The third-order valence-corrected chi connectivity index (χ3v) is 4.07. The molecule has 0 aromatic carbocycles. The fourth-order valence-electron chi connectivity index (χ4n) is 2.83. The summed E-state index contributed by atoms with van der Waals surface area (Å²) in [5, 5.41) is 3.83. The maximum atomic E-state index is 3.83. The molecule has 1 heterocycles. The zero-order valence-electron chi connectivity index (χ0n) is 10.2. The van der Waals surface area contributed by atoms with Crippen LogP contribution in [0.4, 0.5) is 0 Å². The van der Waals surface area contributed by atoms with Crippen molar-refractivity contribution in [2.24, 2.45) is 5.92 Å². The molecule has 2 aliphatic rings. The third-order valence-electron chi connectivity index (χ3n) is 4.07. The summed E-state index contributed by atoms with van der Waals surface area (Å²) in [7, 11) is 2.24. The molecular weight excluding hydrogens is 184 g/mol. The summed E-state index contributed by atoms with van der Waals surface area (Å²) in [5.74, 6) is 0.784. The van der Waals surface area contributed by atoms with Gasteiger partial charge in [-0.3, -0.25) is 0 Å². The standard InChI is InChI=1S/C13H24N2/c1-10-9-15(3)11(2)8-13(10)14-12-6-4-5-7-12/h4-5,10-14H,6-9H2,1-3H3. The van der Waals surface area contributed by atoms with Crippen molar-refractivity contribution in [1.82, 2.24) is 10.2 Å². The van der Waals surface area contributed by atoms with Gasteiger partial charge < -0.3 is 10.2 Å². The minimum atomic E-state index is 0.716. The van der Waals surface area contributed by atoms with Gasteiger partial charge in [-0.05, 0) is 39.2 Å². The molecule has 0 radical (unpaired) electrons. The zero-order chi connectivity index (χ0) is 10.8. The fraction of sp³-hybridized carbons (Fsp3) is 0.846. The normalized spacial score (nSPS) is 38.7. The predicted molar refractivity (Wildman–Crippen MR) is 65.0 cm³/mol. The smallest absolute Gasteiger partial charge is 0.0139 e. The average Bonchev–Trinajstić information content (AvgIpc) is 2.67. The second-order valence-electron chi connectivity index (χ2n) is 5.41. The SMILES string of the molecule is CC1CN(C)C(C)CC1NC1CC=CC1. The quantitative estimate of drug-likeness (QED) is 0.699. The summed E-state index contributed by atoms with van der Waals surface area (Å²) in [4.78, 5) is 2.48. The van der Waals surface area contributed by atoms with Crippen molar-refractivity contribution in [3.05, 3.63) is 12.2 Å². The lowest BCUT2D eigenvalue weighted by atomic mass is 9.89. The predicted octanol–water partition coefficient (Wildman–Crippen LogP) is 2.02. The number of piperidine rings is 1. The Hall–Kier alpha value is -0.340. The molecule has 2 nitrogen and oxygen atoms in total. The van der Waals surface area contributed by atoms with Crippen molar-refractivity contribution in [2.45, 2.75) is 51.2 Å². The highest BCUT2D eigenvalue weighted by atomic mass is 15.2. The molecule has 0 aromatic heterocycles. The van der Waals surface area contributed by atoms with Crippen LogP contribution in [0.25, 0.3) is 0 Å². The van der Waals surface area contributed by atoms with E-state index >= 15 is 0 Å². The van der Waals surface area contributed by atoms with Gasteiger partial charge in [0.25, 0.3) is 0 Å². The maximum absolute atomic E-state index is 3.83. The van der Waals surface area contributed by atoms with Gasteiger partial charge in [-0.25, -0.2) is 0 Å². The van der Waals surface area contributed by atoms with Gasteiger partial charge in [0, 0.05) is 24.7 Å². The van der Waals surface area contributed by atoms with Crippen LogP contribution in [-0.4, -0.2) is 36.6 Å². The minimum absolute atomic E-state index is 0.716. The molecule has 1 N–H and O–H groups in total. The average molecular weight is 208 g/mol. The summed E-state index contributed by atoms with van der Waals surface area (Å²) >= 11 is 0. The molecule has 2 rings (SSSR count). The molecule has 0 bridgehead atoms. The summed E-state index contributed by atoms with van der Waals surface area (Å²) < 4.78 is 0. The lowest BCUT2D eigenvalue weighted by Gasteiger charge is -2.41. The summed E-state index contributed by atoms with van der Waals surface area (Å²) in [6.07, 6.45) is 8.37. The molecule has 3 atom stereocenters. The first kappa shape index (κ1) is 11.2. The Bertz CT molecular complexity index is 229. The molecule has 15 heavy (non-hydrogen) atoms. The molecule has 0 spiro atoms. The molecule has 1 saturated heterocycles. The van der Waals surface area contributed by atoms with Crippen molar-refractivity contribution in [2.75, 3.05) is 13.6 Å². The van der Waals surface area contributed by atoms with Crippen molar-refractivity contribution < 1.29 is 0 Å². The Kier molecular flexibility index (Phi) is 3.47. The molecule has 2 heteroatoms. The highest BCUT2D eigenvalue weighted by Crippen LogP contribution is 2.22. The van der Waals surface area contributed by atoms with Crippen LogP contribution < -0.4 is 5.32 Å². The number of hydrogen-bond acceptors (Lipinski definition) is 2. The van der Waals surface area contributed by atoms with Gasteiger partial charge in [-0.1, -0.05) is 19.1 Å². The number of nitrogens with zero attached hydrogens (tertiary/aromatic N) is 1. The molecular formula is C13H24N2. The first-order chi connectivity index (χ1) is 7.16. The van der Waals surface area contributed by atoms with Crippen LogP contribution in [0.3, 0.4) is 0 Å². The van der Waals surface area contributed by atoms with Gasteiger partial charge in [-0.2, -0.15) is 0 Å². The number of rotatable bonds is 2. The molecule has 1 aliphatic carbocycles. The van der Waals surface area contributed by atoms with Crippen molar-refractivity contribution in [1.29, 1.82) is 0 Å². The largest absolute Gasteiger partial charge is 0.310 e. The van der Waals surface area contributed by atoms with Crippen LogP contribution in [0.1, 0.15) is 33.1 Å². The van der Waals surface area contributed by atoms with E-state index in [9.17, 15) is 0 Å². The van der Waals surface area contributed by atoms with E-state index < -0.39 is 0 Å². The van der Waals surface area contributed by atoms with Crippen LogP contribution in [0.5, 0.6) is 0 Å². The number of hydrogen-bond donors (Lipinski definition) is 1. The molecule has 0 amide bonds. The molecule has 1 fully saturated rings. The summed E-state index contributed by atoms with van der Waals surface area (Å²) in [5.41, 5.74) is 0. The van der Waals surface area contributed by atoms with Gasteiger partial charge >= 0.3 is 0 Å². The Labute approximate surface area is 93.7 Å². The fourth-order valence-corrected chi connectivity index (χ4v) is 2.83.